The molecule has 0 amide bonds. The molecule has 0 saturated heterocycles. The lowest BCUT2D eigenvalue weighted by Crippen LogP contribution is -2.21. The van der Waals surface area contributed by atoms with Crippen molar-refractivity contribution in [2.45, 2.75) is 19.3 Å². The molecule has 1 aromatic carbocycles. The Hall–Kier alpha value is -2.46. The zero-order valence-corrected chi connectivity index (χ0v) is 10.1. The summed E-state index contributed by atoms with van der Waals surface area (Å²) in [5, 5.41) is 0. The second kappa shape index (κ2) is 5.25. The van der Waals surface area contributed by atoms with Crippen LogP contribution >= 0.6 is 0 Å². The lowest BCUT2D eigenvalue weighted by atomic mass is 10.2. The zero-order chi connectivity index (χ0) is 13.0. The van der Waals surface area contributed by atoms with Crippen molar-refractivity contribution in [3.63, 3.8) is 0 Å². The summed E-state index contributed by atoms with van der Waals surface area (Å²) in [4.78, 5) is 8.95. The van der Waals surface area contributed by atoms with Gasteiger partial charge in [0.15, 0.2) is 5.70 Å². The van der Waals surface area contributed by atoms with Crippen LogP contribution in [-0.4, -0.2) is 6.67 Å². The molecule has 0 heterocycles. The number of nitrogens with zero attached hydrogens (tertiary/aromatic N) is 3. The standard InChI is InChI=1S/C14H14N4/c1-16-10-18(12-8-6-11(15)7-9-12)14-5-3-4-13(14)17-2/h6-9H,3-5,10,15H2. The molecule has 2 rings (SSSR count). The lowest BCUT2D eigenvalue weighted by molar-refractivity contribution is 0.863. The van der Waals surface area contributed by atoms with Gasteiger partial charge in [0.25, 0.3) is 6.67 Å². The molecular formula is C14H14N4. The highest BCUT2D eigenvalue weighted by Gasteiger charge is 2.23. The van der Waals surface area contributed by atoms with Crippen molar-refractivity contribution >= 4 is 11.4 Å². The van der Waals surface area contributed by atoms with E-state index in [1.165, 1.54) is 0 Å². The molecule has 0 aromatic heterocycles. The number of nitrogen functional groups attached to an aromatic ring is 1. The van der Waals surface area contributed by atoms with Gasteiger partial charge in [-0.15, -0.1) is 0 Å². The van der Waals surface area contributed by atoms with E-state index >= 15 is 0 Å². The Kier molecular flexibility index (Phi) is 3.50. The van der Waals surface area contributed by atoms with Crippen molar-refractivity contribution in [2.24, 2.45) is 0 Å². The van der Waals surface area contributed by atoms with Crippen LogP contribution in [0.2, 0.25) is 0 Å². The maximum atomic E-state index is 7.20. The molecule has 0 fully saturated rings. The van der Waals surface area contributed by atoms with Gasteiger partial charge < -0.3 is 5.73 Å². The summed E-state index contributed by atoms with van der Waals surface area (Å²) >= 11 is 0. The third kappa shape index (κ3) is 2.28. The maximum absolute atomic E-state index is 7.20. The Morgan fingerprint density at radius 2 is 1.89 bits per heavy atom. The van der Waals surface area contributed by atoms with E-state index in [2.05, 4.69) is 9.69 Å². The Balaban J connectivity index is 2.38. The van der Waals surface area contributed by atoms with Gasteiger partial charge in [0, 0.05) is 17.1 Å². The largest absolute Gasteiger partial charge is 0.399 e. The highest BCUT2D eigenvalue weighted by molar-refractivity contribution is 5.58. The predicted octanol–water partition coefficient (Wildman–Crippen LogP) is 3.27. The third-order valence-corrected chi connectivity index (χ3v) is 3.04. The Bertz CT molecular complexity index is 543. The summed E-state index contributed by atoms with van der Waals surface area (Å²) in [6, 6.07) is 7.43. The van der Waals surface area contributed by atoms with Gasteiger partial charge in [0.2, 0.25) is 0 Å². The van der Waals surface area contributed by atoms with Crippen LogP contribution < -0.4 is 10.6 Å². The van der Waals surface area contributed by atoms with Crippen LogP contribution in [-0.2, 0) is 0 Å². The monoisotopic (exact) mass is 238 g/mol. The number of rotatable bonds is 3. The highest BCUT2D eigenvalue weighted by Crippen LogP contribution is 2.33. The molecule has 1 aliphatic carbocycles. The molecule has 2 N–H and O–H groups in total. The minimum absolute atomic E-state index is 0.248. The quantitative estimate of drug-likeness (QED) is 0.648. The van der Waals surface area contributed by atoms with Crippen molar-refractivity contribution in [1.29, 1.82) is 0 Å². The average molecular weight is 238 g/mol. The van der Waals surface area contributed by atoms with E-state index < -0.39 is 0 Å². The molecule has 4 nitrogen and oxygen atoms in total. The van der Waals surface area contributed by atoms with Crippen molar-refractivity contribution in [2.75, 3.05) is 17.3 Å². The van der Waals surface area contributed by atoms with Gasteiger partial charge in [-0.05, 0) is 37.1 Å². The third-order valence-electron chi connectivity index (χ3n) is 3.04. The smallest absolute Gasteiger partial charge is 0.292 e. The van der Waals surface area contributed by atoms with E-state index in [1.54, 1.807) is 0 Å². The Morgan fingerprint density at radius 1 is 1.17 bits per heavy atom. The number of benzene rings is 1. The van der Waals surface area contributed by atoms with Crippen molar-refractivity contribution in [3.8, 4) is 0 Å². The summed E-state index contributed by atoms with van der Waals surface area (Å²) < 4.78 is 0. The predicted molar refractivity (Wildman–Crippen MR) is 72.3 cm³/mol. The van der Waals surface area contributed by atoms with Crippen molar-refractivity contribution < 1.29 is 0 Å². The summed E-state index contributed by atoms with van der Waals surface area (Å²) in [6.45, 7) is 14.5. The first-order chi connectivity index (χ1) is 8.76. The summed E-state index contributed by atoms with van der Waals surface area (Å²) in [6.07, 6.45) is 2.69. The minimum Gasteiger partial charge on any atom is -0.399 e. The van der Waals surface area contributed by atoms with Gasteiger partial charge in [-0.25, -0.2) is 11.4 Å². The van der Waals surface area contributed by atoms with Crippen LogP contribution in [0.5, 0.6) is 0 Å². The molecule has 0 aliphatic heterocycles. The highest BCUT2D eigenvalue weighted by atomic mass is 15.2. The maximum Gasteiger partial charge on any atom is 0.292 e. The molecule has 0 unspecified atom stereocenters. The van der Waals surface area contributed by atoms with Crippen LogP contribution in [0.15, 0.2) is 35.7 Å². The van der Waals surface area contributed by atoms with Crippen LogP contribution in [0, 0.1) is 13.1 Å². The second-order valence-corrected chi connectivity index (χ2v) is 4.18. The molecule has 18 heavy (non-hydrogen) atoms. The topological polar surface area (TPSA) is 38.0 Å². The zero-order valence-electron chi connectivity index (χ0n) is 10.1. The van der Waals surface area contributed by atoms with E-state index in [0.717, 1.165) is 36.3 Å². The van der Waals surface area contributed by atoms with Gasteiger partial charge in [-0.1, -0.05) is 6.42 Å². The molecule has 90 valence electrons. The average Bonchev–Trinajstić information content (AvgIpc) is 2.85. The number of hydrogen-bond acceptors (Lipinski definition) is 2. The van der Waals surface area contributed by atoms with Crippen LogP contribution in [0.1, 0.15) is 19.3 Å². The van der Waals surface area contributed by atoms with Gasteiger partial charge in [0.05, 0.1) is 6.57 Å². The van der Waals surface area contributed by atoms with E-state index in [4.69, 9.17) is 18.9 Å². The number of allylic oxidation sites excluding steroid dienone is 2. The van der Waals surface area contributed by atoms with Crippen LogP contribution in [0.3, 0.4) is 0 Å². The van der Waals surface area contributed by atoms with E-state index in [1.807, 2.05) is 29.2 Å². The first-order valence-electron chi connectivity index (χ1n) is 5.82. The van der Waals surface area contributed by atoms with E-state index in [0.29, 0.717) is 5.69 Å². The SMILES string of the molecule is [C-]#[N+]CN(C1=C([N+]#[C-])CCC1)c1ccc(N)cc1. The number of hydrogen-bond donors (Lipinski definition) is 1. The Labute approximate surface area is 107 Å². The molecule has 0 spiro atoms. The van der Waals surface area contributed by atoms with E-state index in [-0.39, 0.29) is 6.67 Å². The fraction of sp³-hybridized carbons (Fsp3) is 0.286. The summed E-state index contributed by atoms with van der Waals surface area (Å²) in [5.41, 5.74) is 9.08. The summed E-state index contributed by atoms with van der Waals surface area (Å²) in [5.74, 6) is 0. The van der Waals surface area contributed by atoms with Gasteiger partial charge in [-0.3, -0.25) is 9.74 Å². The van der Waals surface area contributed by atoms with E-state index in [9.17, 15) is 0 Å². The van der Waals surface area contributed by atoms with Crippen molar-refractivity contribution in [1.82, 2.24) is 0 Å². The van der Waals surface area contributed by atoms with Crippen LogP contribution in [0.25, 0.3) is 9.69 Å². The van der Waals surface area contributed by atoms with Gasteiger partial charge >= 0.3 is 0 Å². The lowest BCUT2D eigenvalue weighted by Gasteiger charge is -2.21. The summed E-state index contributed by atoms with van der Waals surface area (Å²) in [7, 11) is 0. The molecule has 4 heteroatoms. The Morgan fingerprint density at radius 3 is 2.50 bits per heavy atom. The molecule has 0 saturated carbocycles. The molecule has 1 aromatic rings. The molecular weight excluding hydrogens is 224 g/mol. The molecule has 0 radical (unpaired) electrons. The normalized spacial score (nSPS) is 14.1. The first kappa shape index (κ1) is 12.0. The molecule has 0 atom stereocenters. The number of anilines is 2. The van der Waals surface area contributed by atoms with Crippen molar-refractivity contribution in [3.05, 3.63) is 58.5 Å². The molecule has 1 aliphatic rings. The fourth-order valence-electron chi connectivity index (χ4n) is 2.17. The van der Waals surface area contributed by atoms with Gasteiger partial charge in [-0.2, -0.15) is 0 Å². The fourth-order valence-corrected chi connectivity index (χ4v) is 2.17. The second-order valence-electron chi connectivity index (χ2n) is 4.18. The van der Waals surface area contributed by atoms with Gasteiger partial charge in [0.1, 0.15) is 0 Å². The number of nitrogens with two attached hydrogens (primary N) is 1. The minimum atomic E-state index is 0.248. The molecule has 0 bridgehead atoms. The van der Waals surface area contributed by atoms with Crippen LogP contribution in [0.4, 0.5) is 11.4 Å². The first-order valence-corrected chi connectivity index (χ1v) is 5.82.